The van der Waals surface area contributed by atoms with Gasteiger partial charge in [0.2, 0.25) is 0 Å². The highest BCUT2D eigenvalue weighted by molar-refractivity contribution is 7.07. The summed E-state index contributed by atoms with van der Waals surface area (Å²) < 4.78 is 0. The highest BCUT2D eigenvalue weighted by atomic mass is 32.1. The fraction of sp³-hybridized carbons (Fsp3) is 0.143. The number of hydrogen-bond donors (Lipinski definition) is 2. The van der Waals surface area contributed by atoms with Gasteiger partial charge >= 0.3 is 0 Å². The number of aromatic nitrogens is 1. The molecule has 0 bridgehead atoms. The topological polar surface area (TPSA) is 62.2 Å². The van der Waals surface area contributed by atoms with E-state index in [2.05, 4.69) is 22.1 Å². The van der Waals surface area contributed by atoms with Crippen LogP contribution in [-0.4, -0.2) is 22.6 Å². The quantitative estimate of drug-likeness (QED) is 0.831. The Labute approximate surface area is 115 Å². The number of rotatable bonds is 3. The zero-order chi connectivity index (χ0) is 13.5. The zero-order valence-electron chi connectivity index (χ0n) is 10.1. The van der Waals surface area contributed by atoms with E-state index in [-0.39, 0.29) is 12.5 Å². The first-order chi connectivity index (χ1) is 9.29. The van der Waals surface area contributed by atoms with Crippen LogP contribution >= 0.6 is 11.3 Å². The molecule has 0 aliphatic heterocycles. The lowest BCUT2D eigenvalue weighted by atomic mass is 10.2. The molecule has 0 saturated heterocycles. The highest BCUT2D eigenvalue weighted by Crippen LogP contribution is 2.05. The fourth-order valence-electron chi connectivity index (χ4n) is 1.41. The van der Waals surface area contributed by atoms with Gasteiger partial charge in [-0.15, -0.1) is 0 Å². The average Bonchev–Trinajstić information content (AvgIpc) is 2.96. The third kappa shape index (κ3) is 3.91. The first kappa shape index (κ1) is 13.3. The molecule has 0 aromatic carbocycles. The van der Waals surface area contributed by atoms with E-state index in [1.54, 1.807) is 23.5 Å². The second-order valence-electron chi connectivity index (χ2n) is 3.71. The van der Waals surface area contributed by atoms with Gasteiger partial charge < -0.3 is 10.4 Å². The first-order valence-corrected chi connectivity index (χ1v) is 6.59. The Morgan fingerprint density at radius 3 is 2.95 bits per heavy atom. The highest BCUT2D eigenvalue weighted by Gasteiger charge is 2.06. The van der Waals surface area contributed by atoms with Crippen molar-refractivity contribution in [3.05, 3.63) is 52.0 Å². The van der Waals surface area contributed by atoms with Crippen LogP contribution in [0.4, 0.5) is 0 Å². The van der Waals surface area contributed by atoms with Crippen LogP contribution in [-0.2, 0) is 6.54 Å². The number of amides is 1. The van der Waals surface area contributed by atoms with Crippen molar-refractivity contribution >= 4 is 17.2 Å². The summed E-state index contributed by atoms with van der Waals surface area (Å²) >= 11 is 1.59. The van der Waals surface area contributed by atoms with E-state index < -0.39 is 0 Å². The SMILES string of the molecule is O=C(NCc1ccsc1)c1ccc(C#CCO)cn1. The van der Waals surface area contributed by atoms with Gasteiger partial charge in [0, 0.05) is 18.3 Å². The molecule has 2 heterocycles. The van der Waals surface area contributed by atoms with Gasteiger partial charge in [-0.05, 0) is 34.5 Å². The lowest BCUT2D eigenvalue weighted by Crippen LogP contribution is -2.23. The molecule has 5 heteroatoms. The van der Waals surface area contributed by atoms with Gasteiger partial charge in [0.05, 0.1) is 0 Å². The van der Waals surface area contributed by atoms with Crippen molar-refractivity contribution in [2.24, 2.45) is 0 Å². The summed E-state index contributed by atoms with van der Waals surface area (Å²) in [5.74, 6) is 5.03. The van der Waals surface area contributed by atoms with E-state index in [9.17, 15) is 4.79 Å². The van der Waals surface area contributed by atoms with Crippen LogP contribution in [0.15, 0.2) is 35.2 Å². The van der Waals surface area contributed by atoms with Gasteiger partial charge in [-0.2, -0.15) is 11.3 Å². The molecule has 1 amide bonds. The molecule has 2 rings (SSSR count). The Morgan fingerprint density at radius 2 is 2.32 bits per heavy atom. The van der Waals surface area contributed by atoms with E-state index in [1.165, 1.54) is 6.20 Å². The molecule has 96 valence electrons. The normalized spacial score (nSPS) is 9.53. The predicted molar refractivity (Wildman–Crippen MR) is 73.7 cm³/mol. The van der Waals surface area contributed by atoms with Crippen molar-refractivity contribution in [2.75, 3.05) is 6.61 Å². The van der Waals surface area contributed by atoms with Crippen LogP contribution < -0.4 is 5.32 Å². The fourth-order valence-corrected chi connectivity index (χ4v) is 2.08. The number of nitrogens with one attached hydrogen (secondary N) is 1. The van der Waals surface area contributed by atoms with Crippen LogP contribution in [0.1, 0.15) is 21.6 Å². The monoisotopic (exact) mass is 272 g/mol. The number of nitrogens with zero attached hydrogens (tertiary/aromatic N) is 1. The maximum absolute atomic E-state index is 11.8. The van der Waals surface area contributed by atoms with Crippen molar-refractivity contribution < 1.29 is 9.90 Å². The maximum Gasteiger partial charge on any atom is 0.270 e. The van der Waals surface area contributed by atoms with E-state index in [0.29, 0.717) is 17.8 Å². The van der Waals surface area contributed by atoms with Crippen molar-refractivity contribution in [2.45, 2.75) is 6.54 Å². The molecule has 0 atom stereocenters. The summed E-state index contributed by atoms with van der Waals surface area (Å²) in [4.78, 5) is 15.9. The molecule has 0 spiro atoms. The van der Waals surface area contributed by atoms with Crippen molar-refractivity contribution in [3.8, 4) is 11.8 Å². The summed E-state index contributed by atoms with van der Waals surface area (Å²) in [6, 6.07) is 5.28. The standard InChI is InChI=1S/C14H12N2O2S/c17-6-1-2-11-3-4-13(15-8-11)14(18)16-9-12-5-7-19-10-12/h3-5,7-8,10,17H,6,9H2,(H,16,18). The van der Waals surface area contributed by atoms with Crippen LogP contribution in [0.25, 0.3) is 0 Å². The van der Waals surface area contributed by atoms with Gasteiger partial charge in [-0.3, -0.25) is 4.79 Å². The first-order valence-electron chi connectivity index (χ1n) is 5.64. The minimum atomic E-state index is -0.215. The largest absolute Gasteiger partial charge is 0.384 e. The van der Waals surface area contributed by atoms with Crippen molar-refractivity contribution in [1.82, 2.24) is 10.3 Å². The van der Waals surface area contributed by atoms with E-state index in [0.717, 1.165) is 5.56 Å². The van der Waals surface area contributed by atoms with Gasteiger partial charge in [0.25, 0.3) is 5.91 Å². The molecule has 19 heavy (non-hydrogen) atoms. The van der Waals surface area contributed by atoms with Crippen LogP contribution in [0.5, 0.6) is 0 Å². The summed E-state index contributed by atoms with van der Waals surface area (Å²) in [5.41, 5.74) is 2.09. The summed E-state index contributed by atoms with van der Waals surface area (Å²) in [6.45, 7) is 0.305. The lowest BCUT2D eigenvalue weighted by Gasteiger charge is -2.03. The Balaban J connectivity index is 1.95. The molecule has 0 unspecified atom stereocenters. The minimum absolute atomic E-state index is 0.192. The molecule has 0 fully saturated rings. The Hall–Kier alpha value is -2.16. The number of pyridine rings is 1. The third-order valence-corrected chi connectivity index (χ3v) is 3.07. The average molecular weight is 272 g/mol. The molecule has 4 nitrogen and oxygen atoms in total. The number of thiophene rings is 1. The molecule has 2 N–H and O–H groups in total. The number of hydrogen-bond acceptors (Lipinski definition) is 4. The summed E-state index contributed by atoms with van der Waals surface area (Å²) in [5, 5.41) is 15.3. The Bertz CT molecular complexity index is 595. The number of carbonyl (C=O) groups excluding carboxylic acids is 1. The molecule has 0 aliphatic carbocycles. The summed E-state index contributed by atoms with van der Waals surface area (Å²) in [6.07, 6.45) is 1.52. The number of carbonyl (C=O) groups is 1. The van der Waals surface area contributed by atoms with Crippen LogP contribution in [0, 0.1) is 11.8 Å². The van der Waals surface area contributed by atoms with E-state index in [4.69, 9.17) is 5.11 Å². The van der Waals surface area contributed by atoms with Gasteiger partial charge in [-0.1, -0.05) is 11.8 Å². The van der Waals surface area contributed by atoms with Crippen molar-refractivity contribution in [1.29, 1.82) is 0 Å². The molecule has 0 radical (unpaired) electrons. The second kappa shape index (κ2) is 6.69. The van der Waals surface area contributed by atoms with Crippen LogP contribution in [0.3, 0.4) is 0 Å². The molecular formula is C14H12N2O2S. The maximum atomic E-state index is 11.8. The minimum Gasteiger partial charge on any atom is -0.384 e. The molecular weight excluding hydrogens is 260 g/mol. The van der Waals surface area contributed by atoms with E-state index in [1.807, 2.05) is 16.8 Å². The van der Waals surface area contributed by atoms with Crippen molar-refractivity contribution in [3.63, 3.8) is 0 Å². The molecule has 0 aliphatic rings. The van der Waals surface area contributed by atoms with Gasteiger partial charge in [0.1, 0.15) is 12.3 Å². The number of aliphatic hydroxyl groups excluding tert-OH is 1. The predicted octanol–water partition coefficient (Wildman–Crippen LogP) is 1.42. The Morgan fingerprint density at radius 1 is 1.42 bits per heavy atom. The Kier molecular flexibility index (Phi) is 4.67. The number of aliphatic hydroxyl groups is 1. The zero-order valence-corrected chi connectivity index (χ0v) is 10.9. The molecule has 0 saturated carbocycles. The lowest BCUT2D eigenvalue weighted by molar-refractivity contribution is 0.0946. The third-order valence-electron chi connectivity index (χ3n) is 2.34. The summed E-state index contributed by atoms with van der Waals surface area (Å²) in [7, 11) is 0. The van der Waals surface area contributed by atoms with Gasteiger partial charge in [0.15, 0.2) is 0 Å². The van der Waals surface area contributed by atoms with Gasteiger partial charge in [-0.25, -0.2) is 4.98 Å². The van der Waals surface area contributed by atoms with E-state index >= 15 is 0 Å². The second-order valence-corrected chi connectivity index (χ2v) is 4.49. The smallest absolute Gasteiger partial charge is 0.270 e. The molecule has 2 aromatic heterocycles. The molecule has 2 aromatic rings. The van der Waals surface area contributed by atoms with Crippen LogP contribution in [0.2, 0.25) is 0 Å².